The Morgan fingerprint density at radius 1 is 1.25 bits per heavy atom. The predicted molar refractivity (Wildman–Crippen MR) is 80.4 cm³/mol. The highest BCUT2D eigenvalue weighted by Crippen LogP contribution is 2.40. The van der Waals surface area contributed by atoms with E-state index in [9.17, 15) is 4.79 Å². The van der Waals surface area contributed by atoms with Gasteiger partial charge in [0.1, 0.15) is 11.5 Å². The van der Waals surface area contributed by atoms with Crippen molar-refractivity contribution < 1.29 is 4.79 Å². The molecule has 2 fully saturated rings. The summed E-state index contributed by atoms with van der Waals surface area (Å²) < 4.78 is 0. The molecule has 0 atom stereocenters. The van der Waals surface area contributed by atoms with E-state index in [0.717, 1.165) is 24.5 Å². The van der Waals surface area contributed by atoms with Gasteiger partial charge in [-0.25, -0.2) is 4.98 Å². The lowest BCUT2D eigenvalue weighted by molar-refractivity contribution is 0.00119. The molecule has 3 heterocycles. The Balaban J connectivity index is 1.74. The third-order valence-electron chi connectivity index (χ3n) is 4.77. The maximum absolute atomic E-state index is 11.5. The van der Waals surface area contributed by atoms with Crippen molar-refractivity contribution in [3.05, 3.63) is 23.4 Å². The first-order valence-electron chi connectivity index (χ1n) is 7.41. The molecule has 3 rings (SSSR count). The van der Waals surface area contributed by atoms with E-state index in [1.807, 2.05) is 12.1 Å². The number of carbonyl (C=O) groups excluding carboxylic acids is 1. The number of carbonyl (C=O) groups is 1. The molecule has 1 aromatic heterocycles. The summed E-state index contributed by atoms with van der Waals surface area (Å²) in [5.41, 5.74) is 2.29. The van der Waals surface area contributed by atoms with E-state index in [1.54, 1.807) is 6.92 Å². The van der Waals surface area contributed by atoms with Crippen molar-refractivity contribution in [2.24, 2.45) is 5.41 Å². The molecule has 0 amide bonds. The SMILES string of the molecule is CC(=O)c1ccc(C)c(N2CCC3(CC2)CN(C)C3)n1. The number of aromatic nitrogens is 1. The van der Waals surface area contributed by atoms with Gasteiger partial charge in [-0.2, -0.15) is 0 Å². The Bertz CT molecular complexity index is 525. The van der Waals surface area contributed by atoms with Gasteiger partial charge >= 0.3 is 0 Å². The summed E-state index contributed by atoms with van der Waals surface area (Å²) in [7, 11) is 2.19. The molecule has 0 aliphatic carbocycles. The van der Waals surface area contributed by atoms with Gasteiger partial charge in [0.05, 0.1) is 0 Å². The molecule has 0 N–H and O–H groups in total. The number of pyridine rings is 1. The first-order chi connectivity index (χ1) is 9.49. The minimum Gasteiger partial charge on any atom is -0.356 e. The van der Waals surface area contributed by atoms with Crippen LogP contribution in [0.3, 0.4) is 0 Å². The topological polar surface area (TPSA) is 36.4 Å². The third-order valence-corrected chi connectivity index (χ3v) is 4.77. The molecule has 2 aliphatic heterocycles. The number of Topliss-reactive ketones (excluding diaryl/α,β-unsaturated/α-hetero) is 1. The van der Waals surface area contributed by atoms with E-state index in [0.29, 0.717) is 11.1 Å². The van der Waals surface area contributed by atoms with Crippen molar-refractivity contribution in [2.45, 2.75) is 26.7 Å². The van der Waals surface area contributed by atoms with Crippen molar-refractivity contribution in [1.29, 1.82) is 0 Å². The number of anilines is 1. The number of aryl methyl sites for hydroxylation is 1. The zero-order valence-corrected chi connectivity index (χ0v) is 12.6. The summed E-state index contributed by atoms with van der Waals surface area (Å²) in [6, 6.07) is 3.84. The Morgan fingerprint density at radius 3 is 2.45 bits per heavy atom. The van der Waals surface area contributed by atoms with E-state index >= 15 is 0 Å². The summed E-state index contributed by atoms with van der Waals surface area (Å²) in [5, 5.41) is 0. The molecule has 108 valence electrons. The van der Waals surface area contributed by atoms with Crippen molar-refractivity contribution in [3.8, 4) is 0 Å². The fourth-order valence-electron chi connectivity index (χ4n) is 3.64. The summed E-state index contributed by atoms with van der Waals surface area (Å²) in [4.78, 5) is 20.8. The molecule has 20 heavy (non-hydrogen) atoms. The smallest absolute Gasteiger partial charge is 0.178 e. The average molecular weight is 273 g/mol. The summed E-state index contributed by atoms with van der Waals surface area (Å²) in [5.74, 6) is 1.04. The van der Waals surface area contributed by atoms with Crippen LogP contribution in [0.15, 0.2) is 12.1 Å². The van der Waals surface area contributed by atoms with E-state index in [-0.39, 0.29) is 5.78 Å². The van der Waals surface area contributed by atoms with Crippen LogP contribution >= 0.6 is 0 Å². The van der Waals surface area contributed by atoms with Gasteiger partial charge in [-0.1, -0.05) is 6.07 Å². The Hall–Kier alpha value is -1.42. The van der Waals surface area contributed by atoms with Crippen molar-refractivity contribution in [3.63, 3.8) is 0 Å². The van der Waals surface area contributed by atoms with Gasteiger partial charge in [0.2, 0.25) is 0 Å². The number of hydrogen-bond donors (Lipinski definition) is 0. The number of rotatable bonds is 2. The molecule has 1 aromatic rings. The number of piperidine rings is 1. The molecule has 0 saturated carbocycles. The third kappa shape index (κ3) is 2.33. The van der Waals surface area contributed by atoms with Crippen LogP contribution in [0.5, 0.6) is 0 Å². The van der Waals surface area contributed by atoms with Crippen LogP contribution in [0, 0.1) is 12.3 Å². The zero-order valence-electron chi connectivity index (χ0n) is 12.6. The van der Waals surface area contributed by atoms with E-state index in [4.69, 9.17) is 0 Å². The second kappa shape index (κ2) is 4.85. The zero-order chi connectivity index (χ0) is 14.3. The Morgan fingerprint density at radius 2 is 1.90 bits per heavy atom. The fourth-order valence-corrected chi connectivity index (χ4v) is 3.64. The lowest BCUT2D eigenvalue weighted by Gasteiger charge is -2.53. The molecular weight excluding hydrogens is 250 g/mol. The van der Waals surface area contributed by atoms with Gasteiger partial charge in [-0.15, -0.1) is 0 Å². The molecule has 2 aliphatic rings. The quantitative estimate of drug-likeness (QED) is 0.773. The first-order valence-corrected chi connectivity index (χ1v) is 7.41. The van der Waals surface area contributed by atoms with Gasteiger partial charge in [0.25, 0.3) is 0 Å². The highest BCUT2D eigenvalue weighted by atomic mass is 16.1. The number of likely N-dealkylation sites (tertiary alicyclic amines) is 1. The van der Waals surface area contributed by atoms with Gasteiger partial charge < -0.3 is 9.80 Å². The molecule has 4 nitrogen and oxygen atoms in total. The van der Waals surface area contributed by atoms with Crippen LogP contribution in [0.4, 0.5) is 5.82 Å². The molecule has 0 bridgehead atoms. The van der Waals surface area contributed by atoms with Gasteiger partial charge in [0, 0.05) is 33.1 Å². The van der Waals surface area contributed by atoms with Crippen LogP contribution < -0.4 is 4.90 Å². The molecular formula is C16H23N3O. The normalized spacial score (nSPS) is 21.9. The summed E-state index contributed by atoms with van der Waals surface area (Å²) in [6.07, 6.45) is 2.48. The lowest BCUT2D eigenvalue weighted by atomic mass is 9.72. The van der Waals surface area contributed by atoms with Gasteiger partial charge in [-0.3, -0.25) is 4.79 Å². The maximum Gasteiger partial charge on any atom is 0.178 e. The monoisotopic (exact) mass is 273 g/mol. The second-order valence-electron chi connectivity index (χ2n) is 6.55. The van der Waals surface area contributed by atoms with Crippen molar-refractivity contribution in [2.75, 3.05) is 38.1 Å². The van der Waals surface area contributed by atoms with Gasteiger partial charge in [-0.05, 0) is 43.9 Å². The number of nitrogens with zero attached hydrogens (tertiary/aromatic N) is 3. The van der Waals surface area contributed by atoms with Gasteiger partial charge in [0.15, 0.2) is 5.78 Å². The van der Waals surface area contributed by atoms with E-state index in [2.05, 4.69) is 28.8 Å². The summed E-state index contributed by atoms with van der Waals surface area (Å²) >= 11 is 0. The molecule has 0 radical (unpaired) electrons. The molecule has 2 saturated heterocycles. The van der Waals surface area contributed by atoms with Crippen LogP contribution in [0.2, 0.25) is 0 Å². The van der Waals surface area contributed by atoms with Crippen LogP contribution in [0.1, 0.15) is 35.8 Å². The van der Waals surface area contributed by atoms with Crippen LogP contribution in [0.25, 0.3) is 0 Å². The van der Waals surface area contributed by atoms with E-state index < -0.39 is 0 Å². The van der Waals surface area contributed by atoms with Crippen LogP contribution in [-0.4, -0.2) is 48.9 Å². The predicted octanol–water partition coefficient (Wildman–Crippen LogP) is 2.12. The van der Waals surface area contributed by atoms with Crippen molar-refractivity contribution in [1.82, 2.24) is 9.88 Å². The van der Waals surface area contributed by atoms with Crippen molar-refractivity contribution >= 4 is 11.6 Å². The number of ketones is 1. The minimum absolute atomic E-state index is 0.0420. The first kappa shape index (κ1) is 13.6. The van der Waals surface area contributed by atoms with E-state index in [1.165, 1.54) is 25.9 Å². The molecule has 1 spiro atoms. The fraction of sp³-hybridized carbons (Fsp3) is 0.625. The largest absolute Gasteiger partial charge is 0.356 e. The average Bonchev–Trinajstić information content (AvgIpc) is 2.38. The highest BCUT2D eigenvalue weighted by molar-refractivity contribution is 5.92. The highest BCUT2D eigenvalue weighted by Gasteiger charge is 2.43. The molecule has 0 aromatic carbocycles. The maximum atomic E-state index is 11.5. The Kier molecular flexibility index (Phi) is 3.28. The molecule has 0 unspecified atom stereocenters. The standard InChI is InChI=1S/C16H23N3O/c1-12-4-5-14(13(2)20)17-15(12)19-8-6-16(7-9-19)10-18(3)11-16/h4-5H,6-11H2,1-3H3. The second-order valence-corrected chi connectivity index (χ2v) is 6.55. The Labute approximate surface area is 120 Å². The lowest BCUT2D eigenvalue weighted by Crippen LogP contribution is -2.58. The minimum atomic E-state index is 0.0420. The number of hydrogen-bond acceptors (Lipinski definition) is 4. The summed E-state index contributed by atoms with van der Waals surface area (Å²) in [6.45, 7) is 8.25. The van der Waals surface area contributed by atoms with Crippen LogP contribution in [-0.2, 0) is 0 Å². The molecule has 4 heteroatoms.